The molecule has 0 bridgehead atoms. The molecule has 8 aromatic heterocycles. The topological polar surface area (TPSA) is 327 Å². The first-order valence-electron chi connectivity index (χ1n) is 28.3. The summed E-state index contributed by atoms with van der Waals surface area (Å²) in [5, 5.41) is 71.3. The summed E-state index contributed by atoms with van der Waals surface area (Å²) in [7, 11) is 1.40. The van der Waals surface area contributed by atoms with Crippen LogP contribution < -0.4 is 30.7 Å². The Morgan fingerprint density at radius 1 is 0.379 bits per heavy atom. The molecule has 0 saturated heterocycles. The summed E-state index contributed by atoms with van der Waals surface area (Å²) in [6.07, 6.45) is 13.5. The number of methoxy groups -OCH3 is 3. The number of nitrogens with one attached hydrogen (secondary N) is 1. The van der Waals surface area contributed by atoms with Gasteiger partial charge < -0.3 is 39.3 Å². The quantitative estimate of drug-likeness (QED) is 0.0751. The number of aromatic amines is 1. The van der Waals surface area contributed by atoms with E-state index in [1.54, 1.807) is 118 Å². The number of H-pyrrole nitrogens is 1. The highest BCUT2D eigenvalue weighted by Gasteiger charge is 2.20. The van der Waals surface area contributed by atoms with Gasteiger partial charge in [0, 0.05) is 104 Å². The molecule has 0 spiro atoms. The third kappa shape index (κ3) is 20.1. The molecule has 24 heteroatoms. The molecule has 0 saturated carbocycles. The summed E-state index contributed by atoms with van der Waals surface area (Å²) in [5.41, 5.74) is 11.5. The van der Waals surface area contributed by atoms with E-state index in [4.69, 9.17) is 34.8 Å². The summed E-state index contributed by atoms with van der Waals surface area (Å²) in [6.45, 7) is 0. The monoisotopic (exact) mass is 1380 g/mol. The van der Waals surface area contributed by atoms with E-state index in [1.807, 2.05) is 140 Å². The first kappa shape index (κ1) is 70.6. The van der Waals surface area contributed by atoms with E-state index in [0.29, 0.717) is 56.4 Å². The van der Waals surface area contributed by atoms with Crippen molar-refractivity contribution < 1.29 is 34.3 Å². The molecule has 8 heterocycles. The van der Waals surface area contributed by atoms with Gasteiger partial charge in [-0.3, -0.25) is 24.7 Å². The number of aromatic nitrogens is 8. The van der Waals surface area contributed by atoms with Crippen LogP contribution in [0.5, 0.6) is 17.6 Å². The molecule has 4 aromatic carbocycles. The molecule has 5 N–H and O–H groups in total. The zero-order valence-electron chi connectivity index (χ0n) is 50.8. The van der Waals surface area contributed by atoms with E-state index in [2.05, 4.69) is 83.9 Å². The number of hydrogen-bond acceptors (Lipinski definition) is 19. The van der Waals surface area contributed by atoms with Crippen LogP contribution in [0.4, 0.5) is 0 Å². The van der Waals surface area contributed by atoms with Gasteiger partial charge in [-0.15, -0.1) is 0 Å². The molecule has 0 aliphatic carbocycles. The fourth-order valence-corrected chi connectivity index (χ4v) is 9.49. The predicted molar refractivity (Wildman–Crippen MR) is 370 cm³/mol. The SMILES string of the molecule is COc1ncc(-c2ccccn2)cc1-c1ccccc1C#N.COc1ncc(-c2ccccn2)cc1B(O)O.COc1ncc(-c2ccccn2)cc1Br.N#Cc1ccccc1-c1cc(-c2ccccn2)c[nH]c1=O.N#Cc1ccccc1B(O)O.N#Cc1ccccc1Br. The van der Waals surface area contributed by atoms with Crippen molar-refractivity contribution >= 4 is 57.0 Å². The smallest absolute Gasteiger partial charge is 0.481 e. The summed E-state index contributed by atoms with van der Waals surface area (Å²) < 4.78 is 17.0. The van der Waals surface area contributed by atoms with Gasteiger partial charge >= 0.3 is 14.2 Å². The first-order valence-corrected chi connectivity index (χ1v) is 29.8. The highest BCUT2D eigenvalue weighted by molar-refractivity contribution is 9.10. The van der Waals surface area contributed by atoms with Crippen LogP contribution in [0.15, 0.2) is 257 Å². The van der Waals surface area contributed by atoms with E-state index in [0.717, 1.165) is 53.8 Å². The maximum Gasteiger partial charge on any atom is 0.494 e. The summed E-state index contributed by atoms with van der Waals surface area (Å²) in [5.74, 6) is 1.26. The standard InChI is InChI=1S/C18H13N3O.C17H11N3O.C11H11BN2O3.C11H9BrN2O.C7H6BNO2.C7H4BrN/c1-22-18-16(15-7-3-2-6-13(15)11-19)10-14(12-21-18)17-8-4-5-9-20-17;18-10-12-5-1-2-6-14(12)15-9-13(11-20-17(15)21)16-7-3-4-8-19-16;1-17-11-9(12(15)16)6-8(7-14-11)10-4-2-3-5-13-10;1-15-11-9(12)6-8(7-14-11)10-4-2-3-5-13-10;9-5-6-3-1-2-4-7(6)8(10)11;8-7-4-2-1-3-6(7)5-9/h2-10,12H,1H3;1-9,11H,(H,20,21);2-7,15-16H,1H3;2-7H,1H3;1-4,10-11H;1-4H. The zero-order chi connectivity index (χ0) is 67.9. The van der Waals surface area contributed by atoms with Crippen molar-refractivity contribution in [3.63, 3.8) is 0 Å². The molecule has 95 heavy (non-hydrogen) atoms. The summed E-state index contributed by atoms with van der Waals surface area (Å²) >= 11 is 6.62. The molecule has 0 unspecified atom stereocenters. The second-order valence-corrected chi connectivity index (χ2v) is 20.9. The van der Waals surface area contributed by atoms with Crippen molar-refractivity contribution in [3.8, 4) is 109 Å². The predicted octanol–water partition coefficient (Wildman–Crippen LogP) is 11.0. The molecule has 0 fully saturated rings. The largest absolute Gasteiger partial charge is 0.494 e. The lowest BCUT2D eigenvalue weighted by Gasteiger charge is -2.11. The van der Waals surface area contributed by atoms with Crippen LogP contribution in [-0.2, 0) is 0 Å². The summed E-state index contributed by atoms with van der Waals surface area (Å²) in [6, 6.07) is 66.2. The lowest BCUT2D eigenvalue weighted by molar-refractivity contribution is 0.391. The minimum absolute atomic E-state index is 0.194. The maximum atomic E-state index is 12.1. The Hall–Kier alpha value is -11.8. The molecule has 0 aliphatic rings. The number of ether oxygens (including phenoxy) is 3. The number of pyridine rings is 8. The van der Waals surface area contributed by atoms with Crippen LogP contribution >= 0.6 is 31.9 Å². The molecule has 0 amide bonds. The minimum Gasteiger partial charge on any atom is -0.481 e. The van der Waals surface area contributed by atoms with Crippen molar-refractivity contribution in [1.82, 2.24) is 39.9 Å². The number of halogens is 2. The fourth-order valence-electron chi connectivity index (χ4n) is 8.60. The number of nitrogens with zero attached hydrogens (tertiary/aromatic N) is 11. The molecule has 466 valence electrons. The van der Waals surface area contributed by atoms with Crippen LogP contribution in [-0.4, -0.2) is 95.5 Å². The third-order valence-corrected chi connectivity index (χ3v) is 14.4. The second kappa shape index (κ2) is 36.9. The maximum absolute atomic E-state index is 12.1. The van der Waals surface area contributed by atoms with Crippen molar-refractivity contribution in [1.29, 1.82) is 21.0 Å². The van der Waals surface area contributed by atoms with E-state index in [1.165, 1.54) is 19.2 Å². The number of rotatable bonds is 11. The van der Waals surface area contributed by atoms with E-state index in [-0.39, 0.29) is 22.4 Å². The summed E-state index contributed by atoms with van der Waals surface area (Å²) in [4.78, 5) is 44.3. The van der Waals surface area contributed by atoms with Gasteiger partial charge in [0.05, 0.1) is 89.0 Å². The normalized spacial score (nSPS) is 9.74. The Labute approximate surface area is 564 Å². The fraction of sp³-hybridized carbons (Fsp3) is 0.0423. The molecule has 0 aliphatic heterocycles. The molecule has 20 nitrogen and oxygen atoms in total. The van der Waals surface area contributed by atoms with Gasteiger partial charge in [-0.2, -0.15) is 21.0 Å². The van der Waals surface area contributed by atoms with Gasteiger partial charge in [-0.05, 0) is 140 Å². The van der Waals surface area contributed by atoms with Crippen LogP contribution in [0.3, 0.4) is 0 Å². The molecule has 12 aromatic rings. The van der Waals surface area contributed by atoms with Gasteiger partial charge in [-0.25, -0.2) is 15.0 Å². The molecular formula is C71H54B2Br2N12O8. The molecule has 0 atom stereocenters. The third-order valence-electron chi connectivity index (χ3n) is 13.2. The van der Waals surface area contributed by atoms with Crippen LogP contribution in [0, 0.1) is 45.3 Å². The Balaban J connectivity index is 0.000000165. The van der Waals surface area contributed by atoms with E-state index < -0.39 is 14.2 Å². The van der Waals surface area contributed by atoms with Crippen molar-refractivity contribution in [2.75, 3.05) is 21.3 Å². The molecular weight excluding hydrogens is 1330 g/mol. The second-order valence-electron chi connectivity index (χ2n) is 19.2. The lowest BCUT2D eigenvalue weighted by atomic mass is 9.77. The van der Waals surface area contributed by atoms with Gasteiger partial charge in [0.15, 0.2) is 0 Å². The van der Waals surface area contributed by atoms with E-state index >= 15 is 0 Å². The molecule has 0 radical (unpaired) electrons. The van der Waals surface area contributed by atoms with Gasteiger partial charge in [0.25, 0.3) is 5.56 Å². The number of benzene rings is 4. The van der Waals surface area contributed by atoms with Gasteiger partial charge in [0.2, 0.25) is 17.6 Å². The highest BCUT2D eigenvalue weighted by atomic mass is 79.9. The van der Waals surface area contributed by atoms with Crippen molar-refractivity contribution in [2.45, 2.75) is 0 Å². The average molecular weight is 1380 g/mol. The Bertz CT molecular complexity index is 4710. The van der Waals surface area contributed by atoms with Crippen LogP contribution in [0.25, 0.3) is 67.3 Å². The zero-order valence-corrected chi connectivity index (χ0v) is 54.0. The minimum atomic E-state index is -1.62. The van der Waals surface area contributed by atoms with Crippen molar-refractivity contribution in [2.24, 2.45) is 0 Å². The van der Waals surface area contributed by atoms with E-state index in [9.17, 15) is 25.4 Å². The Kier molecular flexibility index (Phi) is 27.4. The van der Waals surface area contributed by atoms with Crippen LogP contribution in [0.2, 0.25) is 0 Å². The lowest BCUT2D eigenvalue weighted by Crippen LogP contribution is -2.32. The Morgan fingerprint density at radius 3 is 1.18 bits per heavy atom. The number of nitriles is 4. The highest BCUT2D eigenvalue weighted by Crippen LogP contribution is 2.34. The molecule has 12 rings (SSSR count). The number of hydrogen-bond donors (Lipinski definition) is 5. The Morgan fingerprint density at radius 2 is 0.758 bits per heavy atom. The van der Waals surface area contributed by atoms with Crippen molar-refractivity contribution in [3.05, 3.63) is 285 Å². The van der Waals surface area contributed by atoms with Crippen LogP contribution in [0.1, 0.15) is 22.3 Å². The van der Waals surface area contributed by atoms with Gasteiger partial charge in [-0.1, -0.05) is 91.0 Å². The first-order chi connectivity index (χ1) is 46.2. The van der Waals surface area contributed by atoms with Gasteiger partial charge in [0.1, 0.15) is 6.07 Å². The average Bonchev–Trinajstić information content (AvgIpc) is 0.863.